The van der Waals surface area contributed by atoms with E-state index in [0.29, 0.717) is 0 Å². The molecule has 0 N–H and O–H groups in total. The van der Waals surface area contributed by atoms with E-state index in [0.717, 1.165) is 12.8 Å². The predicted octanol–water partition coefficient (Wildman–Crippen LogP) is 11.4. The molecule has 0 unspecified atom stereocenters. The molecule has 3 aliphatic rings. The van der Waals surface area contributed by atoms with E-state index in [1.807, 2.05) is 0 Å². The van der Waals surface area contributed by atoms with Crippen molar-refractivity contribution in [1.82, 2.24) is 0 Å². The summed E-state index contributed by atoms with van der Waals surface area (Å²) in [6.45, 7) is 9.59. The highest BCUT2D eigenvalue weighted by Gasteiger charge is 2.45. The molecule has 1 nitrogen and oxygen atoms in total. The minimum atomic E-state index is -0.151. The quantitative estimate of drug-likeness (QED) is 0.183. The maximum atomic E-state index is 2.55. The number of nitrogens with zero attached hydrogens (tertiary/aromatic N) is 1. The summed E-state index contributed by atoms with van der Waals surface area (Å²) < 4.78 is 0. The van der Waals surface area contributed by atoms with E-state index in [4.69, 9.17) is 0 Å². The van der Waals surface area contributed by atoms with Gasteiger partial charge in [0.1, 0.15) is 0 Å². The molecule has 43 heavy (non-hydrogen) atoms. The molecule has 0 amide bonds. The Balaban J connectivity index is 1.35. The molecule has 6 aromatic rings. The second-order valence-electron chi connectivity index (χ2n) is 13.7. The van der Waals surface area contributed by atoms with Crippen LogP contribution in [0.2, 0.25) is 0 Å². The number of benzene rings is 6. The SMILES string of the molecule is CC1(C)c2ccccc2N2c3ccc(-c4cc5c(c6ccc7ccccc7c46)CCC=C5)cc3C(C)(C)c3cccc1c32. The van der Waals surface area contributed by atoms with Crippen molar-refractivity contribution in [2.45, 2.75) is 51.4 Å². The Morgan fingerprint density at radius 2 is 1.33 bits per heavy atom. The lowest BCUT2D eigenvalue weighted by atomic mass is 9.66. The second-order valence-corrected chi connectivity index (χ2v) is 13.7. The summed E-state index contributed by atoms with van der Waals surface area (Å²) in [5, 5.41) is 5.42. The maximum absolute atomic E-state index is 2.55. The van der Waals surface area contributed by atoms with E-state index in [1.165, 1.54) is 83.1 Å². The van der Waals surface area contributed by atoms with Crippen molar-refractivity contribution in [2.75, 3.05) is 4.90 Å². The Kier molecular flexibility index (Phi) is 4.92. The van der Waals surface area contributed by atoms with Crippen molar-refractivity contribution >= 4 is 44.7 Å². The number of rotatable bonds is 1. The molecule has 9 rings (SSSR count). The molecule has 1 heteroatoms. The van der Waals surface area contributed by atoms with Crippen molar-refractivity contribution in [3.63, 3.8) is 0 Å². The summed E-state index contributed by atoms with van der Waals surface area (Å²) in [6.07, 6.45) is 6.88. The van der Waals surface area contributed by atoms with Crippen molar-refractivity contribution < 1.29 is 0 Å². The van der Waals surface area contributed by atoms with Crippen molar-refractivity contribution in [1.29, 1.82) is 0 Å². The third-order valence-electron chi connectivity index (χ3n) is 10.7. The smallest absolute Gasteiger partial charge is 0.0543 e. The third-order valence-corrected chi connectivity index (χ3v) is 10.7. The van der Waals surface area contributed by atoms with Gasteiger partial charge in [-0.05, 0) is 103 Å². The monoisotopic (exact) mass is 553 g/mol. The van der Waals surface area contributed by atoms with Gasteiger partial charge in [-0.15, -0.1) is 0 Å². The molecular weight excluding hydrogens is 518 g/mol. The van der Waals surface area contributed by atoms with Crippen LogP contribution in [0.1, 0.15) is 67.5 Å². The summed E-state index contributed by atoms with van der Waals surface area (Å²) in [6, 6.07) is 39.3. The molecule has 208 valence electrons. The van der Waals surface area contributed by atoms with Gasteiger partial charge in [0, 0.05) is 10.8 Å². The zero-order valence-electron chi connectivity index (χ0n) is 25.3. The van der Waals surface area contributed by atoms with Crippen molar-refractivity contribution in [2.24, 2.45) is 0 Å². The Bertz CT molecular complexity index is 2190. The predicted molar refractivity (Wildman–Crippen MR) is 183 cm³/mol. The van der Waals surface area contributed by atoms with Crippen LogP contribution in [0.15, 0.2) is 109 Å². The lowest BCUT2D eigenvalue weighted by Crippen LogP contribution is -2.38. The molecule has 2 heterocycles. The Morgan fingerprint density at radius 1 is 0.605 bits per heavy atom. The van der Waals surface area contributed by atoms with Gasteiger partial charge in [-0.2, -0.15) is 0 Å². The number of aryl methyl sites for hydroxylation is 1. The minimum absolute atomic E-state index is 0.0669. The second kappa shape index (κ2) is 8.48. The summed E-state index contributed by atoms with van der Waals surface area (Å²) in [5.41, 5.74) is 14.8. The Morgan fingerprint density at radius 3 is 2.19 bits per heavy atom. The molecule has 0 bridgehead atoms. The molecular formula is C42H35N. The van der Waals surface area contributed by atoms with Gasteiger partial charge in [0.05, 0.1) is 17.1 Å². The van der Waals surface area contributed by atoms with E-state index in [2.05, 4.69) is 148 Å². The van der Waals surface area contributed by atoms with E-state index in [1.54, 1.807) is 0 Å². The van der Waals surface area contributed by atoms with Crippen LogP contribution < -0.4 is 4.90 Å². The summed E-state index contributed by atoms with van der Waals surface area (Å²) in [4.78, 5) is 2.55. The summed E-state index contributed by atoms with van der Waals surface area (Å²) in [7, 11) is 0. The molecule has 0 aromatic heterocycles. The van der Waals surface area contributed by atoms with Gasteiger partial charge in [-0.1, -0.05) is 119 Å². The first-order valence-corrected chi connectivity index (χ1v) is 15.7. The molecule has 2 aliphatic heterocycles. The Labute approximate surface area is 254 Å². The van der Waals surface area contributed by atoms with E-state index in [9.17, 15) is 0 Å². The first-order valence-electron chi connectivity index (χ1n) is 15.7. The van der Waals surface area contributed by atoms with E-state index in [-0.39, 0.29) is 10.8 Å². The summed E-state index contributed by atoms with van der Waals surface area (Å²) >= 11 is 0. The van der Waals surface area contributed by atoms with Gasteiger partial charge < -0.3 is 4.90 Å². The van der Waals surface area contributed by atoms with Gasteiger partial charge in [0.25, 0.3) is 0 Å². The van der Waals surface area contributed by atoms with Crippen molar-refractivity contribution in [3.8, 4) is 11.1 Å². The topological polar surface area (TPSA) is 3.24 Å². The van der Waals surface area contributed by atoms with Gasteiger partial charge in [0.2, 0.25) is 0 Å². The fourth-order valence-corrected chi connectivity index (χ4v) is 8.43. The molecule has 6 aromatic carbocycles. The lowest BCUT2D eigenvalue weighted by Gasteiger charge is -2.49. The fraction of sp³-hybridized carbons (Fsp3) is 0.190. The number of para-hydroxylation sites is 2. The minimum Gasteiger partial charge on any atom is -0.309 e. The molecule has 1 aliphatic carbocycles. The van der Waals surface area contributed by atoms with Gasteiger partial charge in [-0.3, -0.25) is 0 Å². The van der Waals surface area contributed by atoms with Crippen LogP contribution in [0.5, 0.6) is 0 Å². The van der Waals surface area contributed by atoms with Crippen LogP contribution in [-0.4, -0.2) is 0 Å². The zero-order valence-corrected chi connectivity index (χ0v) is 25.3. The van der Waals surface area contributed by atoms with Crippen LogP contribution in [0.25, 0.3) is 38.7 Å². The number of allylic oxidation sites excluding steroid dienone is 1. The van der Waals surface area contributed by atoms with Crippen molar-refractivity contribution in [3.05, 3.63) is 143 Å². The first kappa shape index (κ1) is 24.9. The maximum Gasteiger partial charge on any atom is 0.0543 e. The van der Waals surface area contributed by atoms with Crippen LogP contribution in [-0.2, 0) is 17.3 Å². The van der Waals surface area contributed by atoms with Crippen LogP contribution in [0.4, 0.5) is 17.1 Å². The number of hydrogen-bond donors (Lipinski definition) is 0. The van der Waals surface area contributed by atoms with E-state index >= 15 is 0 Å². The standard InChI is InChI=1S/C42H35N/c1-41(2)33-16-9-10-19-37(33)43-38-23-21-28(25-36(38)42(3,4)35-18-11-17-34(41)40(35)43)32-24-27-13-6-7-14-29(27)31-22-20-26-12-5-8-15-30(26)39(31)32/h5-6,8-13,15-25H,7,14H2,1-4H3. The third kappa shape index (κ3) is 3.23. The normalized spacial score (nSPS) is 16.9. The van der Waals surface area contributed by atoms with Crippen LogP contribution in [0.3, 0.4) is 0 Å². The molecule has 0 saturated carbocycles. The number of anilines is 3. The first-order chi connectivity index (χ1) is 20.9. The number of hydrogen-bond acceptors (Lipinski definition) is 1. The fourth-order valence-electron chi connectivity index (χ4n) is 8.43. The highest BCUT2D eigenvalue weighted by atomic mass is 15.2. The van der Waals surface area contributed by atoms with Gasteiger partial charge in [-0.25, -0.2) is 0 Å². The number of fused-ring (bicyclic) bond motifs is 9. The largest absolute Gasteiger partial charge is 0.309 e. The average Bonchev–Trinajstić information content (AvgIpc) is 3.04. The molecule has 0 fully saturated rings. The van der Waals surface area contributed by atoms with E-state index < -0.39 is 0 Å². The molecule has 0 radical (unpaired) electrons. The zero-order chi connectivity index (χ0) is 29.1. The molecule has 0 atom stereocenters. The van der Waals surface area contributed by atoms with Crippen LogP contribution in [0, 0.1) is 0 Å². The highest BCUT2D eigenvalue weighted by molar-refractivity contribution is 6.16. The van der Waals surface area contributed by atoms with Gasteiger partial charge >= 0.3 is 0 Å². The lowest BCUT2D eigenvalue weighted by molar-refractivity contribution is 0.597. The van der Waals surface area contributed by atoms with Gasteiger partial charge in [0.15, 0.2) is 0 Å². The highest BCUT2D eigenvalue weighted by Crippen LogP contribution is 2.60. The molecule has 0 spiro atoms. The van der Waals surface area contributed by atoms with Crippen LogP contribution >= 0.6 is 0 Å². The Hall–Kier alpha value is -4.62. The average molecular weight is 554 g/mol. The summed E-state index contributed by atoms with van der Waals surface area (Å²) in [5.74, 6) is 0. The molecule has 0 saturated heterocycles.